The average molecular weight is 402 g/mol. The van der Waals surface area contributed by atoms with E-state index in [0.29, 0.717) is 10.8 Å². The highest BCUT2D eigenvalue weighted by atomic mass is 127. The Morgan fingerprint density at radius 1 is 1.25 bits per heavy atom. The number of methoxy groups -OCH3 is 1. The number of amides is 1. The van der Waals surface area contributed by atoms with E-state index < -0.39 is 0 Å². The summed E-state index contributed by atoms with van der Waals surface area (Å²) < 4.78 is 6.35. The lowest BCUT2D eigenvalue weighted by atomic mass is 10.1. The van der Waals surface area contributed by atoms with Gasteiger partial charge in [-0.05, 0) is 65.1 Å². The number of hydrogen-bond donors (Lipinski definition) is 1. The summed E-state index contributed by atoms with van der Waals surface area (Å²) in [5, 5.41) is 3.43. The van der Waals surface area contributed by atoms with Crippen LogP contribution in [0.4, 0.5) is 5.69 Å². The molecule has 1 N–H and O–H groups in total. The Hall–Kier alpha value is -1.27. The first-order chi connectivity index (χ1) is 9.58. The number of anilines is 1. The molecule has 0 unspecified atom stereocenters. The van der Waals surface area contributed by atoms with Crippen molar-refractivity contribution in [3.8, 4) is 5.75 Å². The van der Waals surface area contributed by atoms with Crippen molar-refractivity contribution in [1.82, 2.24) is 0 Å². The van der Waals surface area contributed by atoms with Crippen LogP contribution in [0.2, 0.25) is 5.02 Å². The zero-order chi connectivity index (χ0) is 14.5. The molecule has 3 nitrogen and oxygen atoms in total. The monoisotopic (exact) mass is 401 g/mol. The number of ether oxygens (including phenoxy) is 1. The van der Waals surface area contributed by atoms with Crippen LogP contribution in [-0.4, -0.2) is 13.0 Å². The third-order valence-corrected chi connectivity index (χ3v) is 3.68. The minimum Gasteiger partial charge on any atom is -0.496 e. The van der Waals surface area contributed by atoms with Gasteiger partial charge in [0.2, 0.25) is 5.91 Å². The van der Waals surface area contributed by atoms with Crippen LogP contribution in [0, 0.1) is 3.57 Å². The van der Waals surface area contributed by atoms with Crippen LogP contribution in [0.3, 0.4) is 0 Å². The fourth-order valence-corrected chi connectivity index (χ4v) is 2.35. The van der Waals surface area contributed by atoms with Crippen LogP contribution in [0.15, 0.2) is 42.5 Å². The van der Waals surface area contributed by atoms with Gasteiger partial charge >= 0.3 is 0 Å². The van der Waals surface area contributed by atoms with Crippen molar-refractivity contribution in [2.24, 2.45) is 0 Å². The number of rotatable bonds is 4. The van der Waals surface area contributed by atoms with Gasteiger partial charge < -0.3 is 10.1 Å². The minimum atomic E-state index is -0.105. The minimum absolute atomic E-state index is 0.105. The first-order valence-electron chi connectivity index (χ1n) is 5.96. The molecule has 0 saturated carbocycles. The molecule has 0 aliphatic carbocycles. The Labute approximate surface area is 136 Å². The molecule has 20 heavy (non-hydrogen) atoms. The third-order valence-electron chi connectivity index (χ3n) is 2.72. The molecule has 0 aliphatic heterocycles. The Kier molecular flexibility index (Phi) is 5.25. The predicted molar refractivity (Wildman–Crippen MR) is 89.5 cm³/mol. The number of carbonyl (C=O) groups is 1. The standard InChI is InChI=1S/C15H13ClINO2/c1-20-14-7-2-11(16)8-10(14)9-15(19)18-13-5-3-12(17)4-6-13/h2-8H,9H2,1H3,(H,18,19). The van der Waals surface area contributed by atoms with E-state index in [2.05, 4.69) is 27.9 Å². The van der Waals surface area contributed by atoms with Gasteiger partial charge in [0.25, 0.3) is 0 Å². The Bertz CT molecular complexity index is 614. The summed E-state index contributed by atoms with van der Waals surface area (Å²) in [5.74, 6) is 0.555. The fourth-order valence-electron chi connectivity index (χ4n) is 1.80. The molecule has 0 fully saturated rings. The molecular formula is C15H13ClINO2. The molecule has 0 saturated heterocycles. The Morgan fingerprint density at radius 2 is 1.95 bits per heavy atom. The highest BCUT2D eigenvalue weighted by Gasteiger charge is 2.09. The zero-order valence-corrected chi connectivity index (χ0v) is 13.7. The molecular weight excluding hydrogens is 389 g/mol. The molecule has 0 spiro atoms. The maximum atomic E-state index is 12.0. The molecule has 2 rings (SSSR count). The van der Waals surface area contributed by atoms with Gasteiger partial charge in [-0.3, -0.25) is 4.79 Å². The quantitative estimate of drug-likeness (QED) is 0.782. The second kappa shape index (κ2) is 6.95. The topological polar surface area (TPSA) is 38.3 Å². The summed E-state index contributed by atoms with van der Waals surface area (Å²) in [6, 6.07) is 12.9. The van der Waals surface area contributed by atoms with E-state index in [-0.39, 0.29) is 12.3 Å². The Morgan fingerprint density at radius 3 is 2.60 bits per heavy atom. The van der Waals surface area contributed by atoms with Crippen molar-refractivity contribution in [2.45, 2.75) is 6.42 Å². The third kappa shape index (κ3) is 4.11. The van der Waals surface area contributed by atoms with Crippen molar-refractivity contribution in [3.05, 3.63) is 56.6 Å². The van der Waals surface area contributed by atoms with E-state index in [9.17, 15) is 4.79 Å². The molecule has 2 aromatic carbocycles. The number of halogens is 2. The lowest BCUT2D eigenvalue weighted by molar-refractivity contribution is -0.115. The predicted octanol–water partition coefficient (Wildman–Crippen LogP) is 4.13. The van der Waals surface area contributed by atoms with E-state index >= 15 is 0 Å². The number of hydrogen-bond acceptors (Lipinski definition) is 2. The highest BCUT2D eigenvalue weighted by Crippen LogP contribution is 2.23. The summed E-state index contributed by atoms with van der Waals surface area (Å²) in [6.45, 7) is 0. The van der Waals surface area contributed by atoms with Gasteiger partial charge in [0.15, 0.2) is 0 Å². The van der Waals surface area contributed by atoms with Crippen molar-refractivity contribution >= 4 is 45.8 Å². The fraction of sp³-hybridized carbons (Fsp3) is 0.133. The second-order valence-corrected chi connectivity index (χ2v) is 5.87. The molecule has 2 aromatic rings. The van der Waals surface area contributed by atoms with Crippen molar-refractivity contribution in [3.63, 3.8) is 0 Å². The summed E-state index contributed by atoms with van der Waals surface area (Å²) in [4.78, 5) is 12.0. The molecule has 104 valence electrons. The zero-order valence-electron chi connectivity index (χ0n) is 10.8. The van der Waals surface area contributed by atoms with E-state index in [0.717, 1.165) is 14.8 Å². The molecule has 1 amide bonds. The number of carbonyl (C=O) groups excluding carboxylic acids is 1. The van der Waals surface area contributed by atoms with Gasteiger partial charge in [0.05, 0.1) is 13.5 Å². The molecule has 5 heteroatoms. The van der Waals surface area contributed by atoms with E-state index in [1.165, 1.54) is 0 Å². The molecule has 0 atom stereocenters. The second-order valence-electron chi connectivity index (χ2n) is 4.19. The Balaban J connectivity index is 2.08. The van der Waals surface area contributed by atoms with Gasteiger partial charge in [-0.1, -0.05) is 11.6 Å². The maximum absolute atomic E-state index is 12.0. The normalized spacial score (nSPS) is 10.2. The van der Waals surface area contributed by atoms with E-state index in [1.54, 1.807) is 25.3 Å². The summed E-state index contributed by atoms with van der Waals surface area (Å²) in [6.07, 6.45) is 0.218. The van der Waals surface area contributed by atoms with Gasteiger partial charge in [0.1, 0.15) is 5.75 Å². The first kappa shape index (κ1) is 15.1. The van der Waals surface area contributed by atoms with Crippen LogP contribution in [-0.2, 0) is 11.2 Å². The largest absolute Gasteiger partial charge is 0.496 e. The number of nitrogens with one attached hydrogen (secondary N) is 1. The van der Waals surface area contributed by atoms with Crippen molar-refractivity contribution < 1.29 is 9.53 Å². The van der Waals surface area contributed by atoms with Gasteiger partial charge in [-0.2, -0.15) is 0 Å². The van der Waals surface area contributed by atoms with E-state index in [4.69, 9.17) is 16.3 Å². The van der Waals surface area contributed by atoms with Gasteiger partial charge in [0, 0.05) is 19.8 Å². The van der Waals surface area contributed by atoms with Gasteiger partial charge in [-0.25, -0.2) is 0 Å². The van der Waals surface area contributed by atoms with Gasteiger partial charge in [-0.15, -0.1) is 0 Å². The van der Waals surface area contributed by atoms with Crippen LogP contribution < -0.4 is 10.1 Å². The first-order valence-corrected chi connectivity index (χ1v) is 7.42. The lowest BCUT2D eigenvalue weighted by Crippen LogP contribution is -2.14. The van der Waals surface area contributed by atoms with Crippen LogP contribution in [0.1, 0.15) is 5.56 Å². The molecule has 0 aliphatic rings. The summed E-state index contributed by atoms with van der Waals surface area (Å²) in [7, 11) is 1.57. The summed E-state index contributed by atoms with van der Waals surface area (Å²) >= 11 is 8.16. The van der Waals surface area contributed by atoms with Crippen molar-refractivity contribution in [1.29, 1.82) is 0 Å². The SMILES string of the molecule is COc1ccc(Cl)cc1CC(=O)Nc1ccc(I)cc1. The molecule has 0 radical (unpaired) electrons. The van der Waals surface area contributed by atoms with E-state index in [1.807, 2.05) is 24.3 Å². The van der Waals surface area contributed by atoms with Crippen molar-refractivity contribution in [2.75, 3.05) is 12.4 Å². The smallest absolute Gasteiger partial charge is 0.228 e. The van der Waals surface area contributed by atoms with Crippen LogP contribution in [0.25, 0.3) is 0 Å². The lowest BCUT2D eigenvalue weighted by Gasteiger charge is -2.09. The number of benzene rings is 2. The van der Waals surface area contributed by atoms with Crippen LogP contribution in [0.5, 0.6) is 5.75 Å². The maximum Gasteiger partial charge on any atom is 0.228 e. The average Bonchev–Trinajstić information content (AvgIpc) is 2.41. The van der Waals surface area contributed by atoms with Crippen LogP contribution >= 0.6 is 34.2 Å². The highest BCUT2D eigenvalue weighted by molar-refractivity contribution is 14.1. The molecule has 0 heterocycles. The molecule has 0 aromatic heterocycles. The molecule has 0 bridgehead atoms. The summed E-state index contributed by atoms with van der Waals surface area (Å²) in [5.41, 5.74) is 1.54.